The number of fused-ring (bicyclic) bond motifs is 9. The highest BCUT2D eigenvalue weighted by Gasteiger charge is 2.43. The summed E-state index contributed by atoms with van der Waals surface area (Å²) in [7, 11) is 0. The number of rotatable bonds is 0. The van der Waals surface area contributed by atoms with Gasteiger partial charge in [-0.25, -0.2) is 0 Å². The smallest absolute Gasteiger partial charge is 0.180 e. The van der Waals surface area contributed by atoms with Crippen molar-refractivity contribution in [1.82, 2.24) is 5.06 Å². The highest BCUT2D eigenvalue weighted by molar-refractivity contribution is 6.08. The van der Waals surface area contributed by atoms with E-state index in [0.29, 0.717) is 0 Å². The first-order valence-corrected chi connectivity index (χ1v) is 8.36. The molecule has 114 valence electrons. The van der Waals surface area contributed by atoms with Gasteiger partial charge >= 0.3 is 0 Å². The fourth-order valence-corrected chi connectivity index (χ4v) is 4.12. The summed E-state index contributed by atoms with van der Waals surface area (Å²) in [5, 5.41) is 7.29. The lowest BCUT2D eigenvalue weighted by molar-refractivity contribution is 0.192. The molecule has 6 rings (SSSR count). The third-order valence-corrected chi connectivity index (χ3v) is 5.27. The van der Waals surface area contributed by atoms with Gasteiger partial charge in [0.25, 0.3) is 0 Å². The van der Waals surface area contributed by atoms with Crippen LogP contribution in [0.25, 0.3) is 32.7 Å². The predicted octanol–water partition coefficient (Wildman–Crippen LogP) is 5.42. The molecule has 2 aliphatic rings. The molecule has 1 saturated heterocycles. The van der Waals surface area contributed by atoms with E-state index >= 15 is 0 Å². The monoisotopic (exact) mass is 309 g/mol. The molecule has 0 spiro atoms. The number of hydrogen-bond acceptors (Lipinski definition) is 2. The molecule has 2 heterocycles. The average Bonchev–Trinajstić information content (AvgIpc) is 3.40. The topological polar surface area (TPSA) is 15.5 Å². The Hall–Kier alpha value is -2.68. The molecule has 4 aromatic carbocycles. The van der Waals surface area contributed by atoms with Gasteiger partial charge in [0.1, 0.15) is 0 Å². The summed E-state index contributed by atoms with van der Waals surface area (Å²) >= 11 is 0. The molecular weight excluding hydrogens is 294 g/mol. The van der Waals surface area contributed by atoms with Crippen molar-refractivity contribution >= 4 is 21.5 Å². The van der Waals surface area contributed by atoms with Crippen molar-refractivity contribution in [3.05, 3.63) is 83.9 Å². The van der Waals surface area contributed by atoms with Gasteiger partial charge in [-0.1, -0.05) is 72.8 Å². The minimum atomic E-state index is 0.0933. The highest BCUT2D eigenvalue weighted by atomic mass is 16.8. The quantitative estimate of drug-likeness (QED) is 0.403. The molecule has 24 heavy (non-hydrogen) atoms. The summed E-state index contributed by atoms with van der Waals surface area (Å²) in [5.41, 5.74) is 5.33. The number of hydrogen-bond donors (Lipinski definition) is 0. The molecule has 0 bridgehead atoms. The van der Waals surface area contributed by atoms with E-state index in [9.17, 15) is 0 Å². The van der Waals surface area contributed by atoms with Crippen molar-refractivity contribution < 1.29 is 4.84 Å². The molecule has 1 unspecified atom stereocenters. The zero-order valence-electron chi connectivity index (χ0n) is 13.1. The maximum Gasteiger partial charge on any atom is 0.180 e. The van der Waals surface area contributed by atoms with Gasteiger partial charge < -0.3 is 0 Å². The highest BCUT2D eigenvalue weighted by Crippen LogP contribution is 2.51. The van der Waals surface area contributed by atoms with Crippen LogP contribution in [0.2, 0.25) is 0 Å². The molecule has 2 heteroatoms. The van der Waals surface area contributed by atoms with E-state index < -0.39 is 0 Å². The Morgan fingerprint density at radius 1 is 0.708 bits per heavy atom. The third kappa shape index (κ3) is 1.62. The minimum Gasteiger partial charge on any atom is -0.270 e. The zero-order chi connectivity index (χ0) is 15.7. The second kappa shape index (κ2) is 4.44. The zero-order valence-corrected chi connectivity index (χ0v) is 13.1. The second-order valence-corrected chi connectivity index (χ2v) is 6.60. The van der Waals surface area contributed by atoms with Gasteiger partial charge in [-0.15, -0.1) is 5.06 Å². The maximum atomic E-state index is 5.84. The fourth-order valence-electron chi connectivity index (χ4n) is 4.12. The van der Waals surface area contributed by atoms with E-state index in [-0.39, 0.29) is 6.23 Å². The van der Waals surface area contributed by atoms with Crippen molar-refractivity contribution in [2.45, 2.75) is 12.8 Å². The Labute approximate surface area is 139 Å². The van der Waals surface area contributed by atoms with E-state index in [1.54, 1.807) is 0 Å². The van der Waals surface area contributed by atoms with Gasteiger partial charge in [0.15, 0.2) is 6.23 Å². The molecule has 0 aromatic heterocycles. The molecule has 4 aromatic rings. The van der Waals surface area contributed by atoms with E-state index in [2.05, 4.69) is 77.9 Å². The molecule has 0 amide bonds. The van der Waals surface area contributed by atoms with Crippen molar-refractivity contribution in [1.29, 1.82) is 0 Å². The molecule has 0 radical (unpaired) electrons. The lowest BCUT2D eigenvalue weighted by Gasteiger charge is -2.16. The molecule has 0 N–H and O–H groups in total. The van der Waals surface area contributed by atoms with Crippen LogP contribution in [0.15, 0.2) is 72.8 Å². The van der Waals surface area contributed by atoms with E-state index in [4.69, 9.17) is 4.84 Å². The van der Waals surface area contributed by atoms with Crippen LogP contribution in [0, 0.1) is 0 Å². The summed E-state index contributed by atoms with van der Waals surface area (Å²) in [5.74, 6) is 0. The minimum absolute atomic E-state index is 0.0933. The SMILES string of the molecule is c1ccc2c3c(ccc2c1)CN1O[C@H]1c1ccc2ccccc2c1-3. The first kappa shape index (κ1) is 12.7. The van der Waals surface area contributed by atoms with Gasteiger partial charge in [-0.05, 0) is 38.2 Å². The normalized spacial score (nSPS) is 21.0. The standard InChI is InChI=1S/C22H15NO/c1-3-7-17-14(5-1)9-10-16-13-23-22(24-23)19-12-11-15-6-2-4-8-18(15)21(19)20(16)17/h1-12,22H,13H2/t22-,23?/m0/s1. The molecule has 2 aliphatic heterocycles. The first-order valence-electron chi connectivity index (χ1n) is 8.36. The molecule has 1 fully saturated rings. The third-order valence-electron chi connectivity index (χ3n) is 5.27. The predicted molar refractivity (Wildman–Crippen MR) is 96.3 cm³/mol. The number of benzene rings is 4. The Kier molecular flexibility index (Phi) is 2.35. The van der Waals surface area contributed by atoms with Gasteiger partial charge in [0.2, 0.25) is 0 Å². The van der Waals surface area contributed by atoms with Crippen LogP contribution >= 0.6 is 0 Å². The average molecular weight is 309 g/mol. The van der Waals surface area contributed by atoms with Crippen LogP contribution in [-0.2, 0) is 11.4 Å². The Bertz CT molecular complexity index is 1130. The van der Waals surface area contributed by atoms with Crippen LogP contribution in [0.5, 0.6) is 0 Å². The number of hydroxylamine groups is 2. The van der Waals surface area contributed by atoms with Crippen LogP contribution < -0.4 is 0 Å². The van der Waals surface area contributed by atoms with E-state index in [1.807, 2.05) is 0 Å². The first-order chi connectivity index (χ1) is 11.9. The van der Waals surface area contributed by atoms with Crippen LogP contribution in [0.1, 0.15) is 17.4 Å². The Balaban J connectivity index is 1.85. The molecule has 2 nitrogen and oxygen atoms in total. The van der Waals surface area contributed by atoms with Crippen LogP contribution in [0.4, 0.5) is 0 Å². The summed E-state index contributed by atoms with van der Waals surface area (Å²) in [4.78, 5) is 5.84. The van der Waals surface area contributed by atoms with Gasteiger partial charge in [0, 0.05) is 5.56 Å². The van der Waals surface area contributed by atoms with Crippen molar-refractivity contribution in [2.24, 2.45) is 0 Å². The molecule has 0 aliphatic carbocycles. The van der Waals surface area contributed by atoms with Gasteiger partial charge in [-0.3, -0.25) is 4.84 Å². The largest absolute Gasteiger partial charge is 0.270 e. The maximum absolute atomic E-state index is 5.84. The van der Waals surface area contributed by atoms with Gasteiger partial charge in [0.05, 0.1) is 6.54 Å². The fraction of sp³-hybridized carbons (Fsp3) is 0.0909. The number of nitrogens with zero attached hydrogens (tertiary/aromatic N) is 1. The summed E-state index contributed by atoms with van der Waals surface area (Å²) < 4.78 is 0. The van der Waals surface area contributed by atoms with Crippen molar-refractivity contribution in [3.63, 3.8) is 0 Å². The van der Waals surface area contributed by atoms with E-state index in [0.717, 1.165) is 6.54 Å². The molecule has 2 atom stereocenters. The van der Waals surface area contributed by atoms with Gasteiger partial charge in [-0.2, -0.15) is 0 Å². The van der Waals surface area contributed by atoms with Crippen LogP contribution in [-0.4, -0.2) is 5.06 Å². The molecular formula is C22H15NO. The lowest BCUT2D eigenvalue weighted by atomic mass is 9.88. The summed E-state index contributed by atoms with van der Waals surface area (Å²) in [6, 6.07) is 26.3. The summed E-state index contributed by atoms with van der Waals surface area (Å²) in [6.45, 7) is 0.841. The van der Waals surface area contributed by atoms with Crippen molar-refractivity contribution in [3.8, 4) is 11.1 Å². The summed E-state index contributed by atoms with van der Waals surface area (Å²) in [6.07, 6.45) is 0.0933. The van der Waals surface area contributed by atoms with E-state index in [1.165, 1.54) is 43.8 Å². The van der Waals surface area contributed by atoms with Crippen LogP contribution in [0.3, 0.4) is 0 Å². The molecule has 0 saturated carbocycles. The Morgan fingerprint density at radius 3 is 2.17 bits per heavy atom. The second-order valence-electron chi connectivity index (χ2n) is 6.60. The lowest BCUT2D eigenvalue weighted by Crippen LogP contribution is -1.97. The van der Waals surface area contributed by atoms with Crippen molar-refractivity contribution in [2.75, 3.05) is 0 Å². The Morgan fingerprint density at radius 2 is 1.38 bits per heavy atom.